The zero-order valence-corrected chi connectivity index (χ0v) is 15.3. The van der Waals surface area contributed by atoms with E-state index in [1.54, 1.807) is 12.3 Å². The minimum Gasteiger partial charge on any atom is -0.456 e. The minimum atomic E-state index is -0.558. The molecule has 3 rings (SSSR count). The second-order valence-corrected chi connectivity index (χ2v) is 6.35. The van der Waals surface area contributed by atoms with E-state index < -0.39 is 5.91 Å². The summed E-state index contributed by atoms with van der Waals surface area (Å²) < 4.78 is 5.88. The molecular formula is C22H23N3O2. The summed E-state index contributed by atoms with van der Waals surface area (Å²) >= 11 is 0. The Morgan fingerprint density at radius 1 is 1.07 bits per heavy atom. The third-order valence-electron chi connectivity index (χ3n) is 4.27. The number of nitrogens with two attached hydrogens (primary N) is 1. The van der Waals surface area contributed by atoms with Crippen LogP contribution in [0, 0.1) is 6.92 Å². The maximum absolute atomic E-state index is 11.5. The molecule has 0 saturated carbocycles. The highest BCUT2D eigenvalue weighted by Gasteiger charge is 2.11. The number of aryl methyl sites for hydroxylation is 1. The van der Waals surface area contributed by atoms with E-state index in [-0.39, 0.29) is 5.56 Å². The number of carbonyl (C=O) groups is 1. The molecule has 0 aliphatic carbocycles. The van der Waals surface area contributed by atoms with Crippen LogP contribution < -0.4 is 15.8 Å². The molecule has 3 N–H and O–H groups in total. The first-order valence-corrected chi connectivity index (χ1v) is 8.89. The van der Waals surface area contributed by atoms with E-state index in [0.29, 0.717) is 11.5 Å². The first kappa shape index (κ1) is 18.6. The van der Waals surface area contributed by atoms with Crippen molar-refractivity contribution in [2.75, 3.05) is 6.54 Å². The van der Waals surface area contributed by atoms with Crippen LogP contribution in [-0.2, 0) is 13.0 Å². The number of amides is 1. The third-order valence-corrected chi connectivity index (χ3v) is 4.27. The Morgan fingerprint density at radius 3 is 2.63 bits per heavy atom. The second kappa shape index (κ2) is 8.96. The molecule has 0 saturated heterocycles. The minimum absolute atomic E-state index is 0.270. The summed E-state index contributed by atoms with van der Waals surface area (Å²) in [5.41, 5.74) is 9.15. The van der Waals surface area contributed by atoms with Crippen molar-refractivity contribution in [2.24, 2.45) is 5.73 Å². The second-order valence-electron chi connectivity index (χ2n) is 6.35. The van der Waals surface area contributed by atoms with Gasteiger partial charge in [0, 0.05) is 18.9 Å². The summed E-state index contributed by atoms with van der Waals surface area (Å²) in [6, 6.07) is 18.0. The van der Waals surface area contributed by atoms with Crippen molar-refractivity contribution in [1.82, 2.24) is 10.3 Å². The average Bonchev–Trinajstić information content (AvgIpc) is 2.68. The lowest BCUT2D eigenvalue weighted by Gasteiger charge is -2.12. The van der Waals surface area contributed by atoms with Crippen LogP contribution in [0.3, 0.4) is 0 Å². The van der Waals surface area contributed by atoms with E-state index >= 15 is 0 Å². The number of aromatic nitrogens is 1. The van der Waals surface area contributed by atoms with Crippen molar-refractivity contribution in [1.29, 1.82) is 0 Å². The van der Waals surface area contributed by atoms with Crippen molar-refractivity contribution < 1.29 is 9.53 Å². The van der Waals surface area contributed by atoms with Gasteiger partial charge in [0.15, 0.2) is 0 Å². The van der Waals surface area contributed by atoms with Crippen LogP contribution in [0.5, 0.6) is 11.5 Å². The predicted octanol–water partition coefficient (Wildman–Crippen LogP) is 3.61. The SMILES string of the molecule is Cc1cc(CCNCc2ccccc2)ccc1Oc1ccncc1C(N)=O. The molecule has 0 aliphatic heterocycles. The zero-order chi connectivity index (χ0) is 19.1. The van der Waals surface area contributed by atoms with Gasteiger partial charge < -0.3 is 15.8 Å². The summed E-state index contributed by atoms with van der Waals surface area (Å²) in [5.74, 6) is 0.555. The number of nitrogens with one attached hydrogen (secondary N) is 1. The smallest absolute Gasteiger partial charge is 0.254 e. The molecule has 0 bridgehead atoms. The normalized spacial score (nSPS) is 10.6. The Kier molecular flexibility index (Phi) is 6.18. The highest BCUT2D eigenvalue weighted by Crippen LogP contribution is 2.28. The van der Waals surface area contributed by atoms with Crippen LogP contribution in [0.25, 0.3) is 0 Å². The number of hydrogen-bond donors (Lipinski definition) is 2. The Morgan fingerprint density at radius 2 is 1.89 bits per heavy atom. The van der Waals surface area contributed by atoms with Crippen LogP contribution in [0.1, 0.15) is 27.0 Å². The molecule has 0 radical (unpaired) electrons. The standard InChI is InChI=1S/C22H23N3O2/c1-16-13-17(9-11-24-14-18-5-3-2-4-6-18)7-8-20(16)27-21-10-12-25-15-19(21)22(23)26/h2-8,10,12-13,15,24H,9,11,14H2,1H3,(H2,23,26). The summed E-state index contributed by atoms with van der Waals surface area (Å²) in [5, 5.41) is 3.45. The third kappa shape index (κ3) is 5.15. The van der Waals surface area contributed by atoms with Crippen molar-refractivity contribution in [3.63, 3.8) is 0 Å². The number of benzene rings is 2. The molecule has 27 heavy (non-hydrogen) atoms. The summed E-state index contributed by atoms with van der Waals surface area (Å²) in [6.07, 6.45) is 3.92. The number of ether oxygens (including phenoxy) is 1. The lowest BCUT2D eigenvalue weighted by atomic mass is 10.1. The van der Waals surface area contributed by atoms with Gasteiger partial charge >= 0.3 is 0 Å². The van der Waals surface area contributed by atoms with E-state index in [2.05, 4.69) is 28.5 Å². The molecule has 1 aromatic heterocycles. The fraction of sp³-hybridized carbons (Fsp3) is 0.182. The molecule has 5 nitrogen and oxygen atoms in total. The van der Waals surface area contributed by atoms with Crippen molar-refractivity contribution in [3.8, 4) is 11.5 Å². The maximum Gasteiger partial charge on any atom is 0.254 e. The van der Waals surface area contributed by atoms with Gasteiger partial charge in [-0.1, -0.05) is 42.5 Å². The molecule has 138 valence electrons. The number of primary amides is 1. The summed E-state index contributed by atoms with van der Waals surface area (Å²) in [4.78, 5) is 15.4. The van der Waals surface area contributed by atoms with Crippen LogP contribution in [0.2, 0.25) is 0 Å². The summed E-state index contributed by atoms with van der Waals surface area (Å²) in [6.45, 7) is 3.74. The van der Waals surface area contributed by atoms with Crippen molar-refractivity contribution >= 4 is 5.91 Å². The van der Waals surface area contributed by atoms with E-state index in [9.17, 15) is 4.79 Å². The van der Waals surface area contributed by atoms with E-state index in [1.165, 1.54) is 17.3 Å². The van der Waals surface area contributed by atoms with Gasteiger partial charge in [0.1, 0.15) is 17.1 Å². The fourth-order valence-corrected chi connectivity index (χ4v) is 2.82. The Balaban J connectivity index is 1.58. The average molecular weight is 361 g/mol. The highest BCUT2D eigenvalue weighted by atomic mass is 16.5. The van der Waals surface area contributed by atoms with Crippen molar-refractivity contribution in [2.45, 2.75) is 19.9 Å². The van der Waals surface area contributed by atoms with Gasteiger partial charge in [-0.05, 0) is 48.7 Å². The lowest BCUT2D eigenvalue weighted by molar-refractivity contribution is 0.0997. The monoisotopic (exact) mass is 361 g/mol. The first-order valence-electron chi connectivity index (χ1n) is 8.89. The molecule has 1 heterocycles. The van der Waals surface area contributed by atoms with Gasteiger partial charge in [0.2, 0.25) is 0 Å². The highest BCUT2D eigenvalue weighted by molar-refractivity contribution is 5.95. The quantitative estimate of drug-likeness (QED) is 0.601. The molecule has 3 aromatic rings. The predicted molar refractivity (Wildman–Crippen MR) is 106 cm³/mol. The molecule has 0 atom stereocenters. The van der Waals surface area contributed by atoms with Gasteiger partial charge in [-0.25, -0.2) is 0 Å². The van der Waals surface area contributed by atoms with Gasteiger partial charge in [0.25, 0.3) is 5.91 Å². The number of hydrogen-bond acceptors (Lipinski definition) is 4. The number of rotatable bonds is 8. The number of nitrogens with zero attached hydrogens (tertiary/aromatic N) is 1. The van der Waals surface area contributed by atoms with Gasteiger partial charge in [-0.3, -0.25) is 9.78 Å². The van der Waals surface area contributed by atoms with Crippen LogP contribution in [-0.4, -0.2) is 17.4 Å². The Labute approximate surface area is 159 Å². The largest absolute Gasteiger partial charge is 0.456 e. The van der Waals surface area contributed by atoms with E-state index in [0.717, 1.165) is 25.1 Å². The molecule has 5 heteroatoms. The molecule has 0 fully saturated rings. The van der Waals surface area contributed by atoms with Crippen molar-refractivity contribution in [3.05, 3.63) is 89.2 Å². The molecule has 0 aliphatic rings. The zero-order valence-electron chi connectivity index (χ0n) is 15.3. The molecule has 2 aromatic carbocycles. The molecule has 1 amide bonds. The maximum atomic E-state index is 11.5. The van der Waals surface area contributed by atoms with E-state index in [4.69, 9.17) is 10.5 Å². The Bertz CT molecular complexity index is 910. The molecular weight excluding hydrogens is 338 g/mol. The van der Waals surface area contributed by atoms with Gasteiger partial charge in [0.05, 0.1) is 0 Å². The van der Waals surface area contributed by atoms with Crippen LogP contribution in [0.15, 0.2) is 67.0 Å². The summed E-state index contributed by atoms with van der Waals surface area (Å²) in [7, 11) is 0. The Hall–Kier alpha value is -3.18. The van der Waals surface area contributed by atoms with Gasteiger partial charge in [-0.2, -0.15) is 0 Å². The number of pyridine rings is 1. The molecule has 0 unspecified atom stereocenters. The first-order chi connectivity index (χ1) is 13.1. The van der Waals surface area contributed by atoms with E-state index in [1.807, 2.05) is 37.3 Å². The lowest BCUT2D eigenvalue weighted by Crippen LogP contribution is -2.16. The van der Waals surface area contributed by atoms with Gasteiger partial charge in [-0.15, -0.1) is 0 Å². The number of carbonyl (C=O) groups excluding carboxylic acids is 1. The molecule has 0 spiro atoms. The fourth-order valence-electron chi connectivity index (χ4n) is 2.82. The topological polar surface area (TPSA) is 77.2 Å². The van der Waals surface area contributed by atoms with Crippen LogP contribution in [0.4, 0.5) is 0 Å². The van der Waals surface area contributed by atoms with Crippen LogP contribution >= 0.6 is 0 Å².